The molecule has 0 aliphatic carbocycles. The quantitative estimate of drug-likeness (QED) is 0.197. The lowest BCUT2D eigenvalue weighted by Crippen LogP contribution is -2.09. The van der Waals surface area contributed by atoms with E-state index in [0.717, 1.165) is 12.4 Å². The van der Waals surface area contributed by atoms with Gasteiger partial charge in [0.25, 0.3) is 0 Å². The van der Waals surface area contributed by atoms with E-state index in [0.29, 0.717) is 0 Å². The SMILES string of the molecule is C=CCN(C)C.CCCCCCCCCCCCCCCl. The molecule has 0 bridgehead atoms. The molecule has 0 atom stereocenters. The van der Waals surface area contributed by atoms with Crippen molar-refractivity contribution in [2.75, 3.05) is 26.5 Å². The second kappa shape index (κ2) is 22.3. The summed E-state index contributed by atoms with van der Waals surface area (Å²) in [5.41, 5.74) is 0. The van der Waals surface area contributed by atoms with Crippen molar-refractivity contribution in [2.24, 2.45) is 0 Å². The third-order valence-corrected chi connectivity index (χ3v) is 3.75. The molecule has 0 radical (unpaired) electrons. The molecule has 0 heterocycles. The first-order chi connectivity index (χ1) is 10.2. The smallest absolute Gasteiger partial charge is 0.0223 e. The summed E-state index contributed by atoms with van der Waals surface area (Å²) in [4.78, 5) is 2.06. The van der Waals surface area contributed by atoms with Gasteiger partial charge in [-0.05, 0) is 20.5 Å². The number of rotatable bonds is 14. The molecule has 2 heteroatoms. The van der Waals surface area contributed by atoms with Gasteiger partial charge in [-0.3, -0.25) is 0 Å². The second-order valence-corrected chi connectivity index (χ2v) is 6.51. The van der Waals surface area contributed by atoms with Gasteiger partial charge < -0.3 is 4.90 Å². The number of likely N-dealkylation sites (N-methyl/N-ethyl adjacent to an activating group) is 1. The number of unbranched alkanes of at least 4 members (excludes halogenated alkanes) is 11. The molecule has 0 fully saturated rings. The van der Waals surface area contributed by atoms with E-state index < -0.39 is 0 Å². The zero-order chi connectivity index (χ0) is 16.2. The Labute approximate surface area is 140 Å². The summed E-state index contributed by atoms with van der Waals surface area (Å²) in [7, 11) is 4.03. The molecule has 1 nitrogen and oxygen atoms in total. The van der Waals surface area contributed by atoms with Gasteiger partial charge in [0.15, 0.2) is 0 Å². The summed E-state index contributed by atoms with van der Waals surface area (Å²) in [5.74, 6) is 0.845. The van der Waals surface area contributed by atoms with Crippen LogP contribution in [0.3, 0.4) is 0 Å². The van der Waals surface area contributed by atoms with E-state index in [9.17, 15) is 0 Å². The maximum atomic E-state index is 5.62. The minimum Gasteiger partial charge on any atom is -0.306 e. The van der Waals surface area contributed by atoms with Crippen LogP contribution in [0.1, 0.15) is 84.0 Å². The van der Waals surface area contributed by atoms with Crippen LogP contribution < -0.4 is 0 Å². The van der Waals surface area contributed by atoms with Gasteiger partial charge in [0.05, 0.1) is 0 Å². The van der Waals surface area contributed by atoms with Crippen molar-refractivity contribution in [3.05, 3.63) is 12.7 Å². The summed E-state index contributed by atoms with van der Waals surface area (Å²) < 4.78 is 0. The van der Waals surface area contributed by atoms with Crippen LogP contribution in [0.5, 0.6) is 0 Å². The molecule has 0 aliphatic heterocycles. The Bertz CT molecular complexity index is 168. The fraction of sp³-hybridized carbons (Fsp3) is 0.895. The molecule has 21 heavy (non-hydrogen) atoms. The lowest BCUT2D eigenvalue weighted by Gasteiger charge is -2.01. The number of halogens is 1. The fourth-order valence-corrected chi connectivity index (χ4v) is 2.38. The van der Waals surface area contributed by atoms with Crippen LogP contribution in [0.2, 0.25) is 0 Å². The Morgan fingerprint density at radius 2 is 1.14 bits per heavy atom. The molecule has 0 saturated carbocycles. The van der Waals surface area contributed by atoms with Crippen LogP contribution in [0.15, 0.2) is 12.7 Å². The van der Waals surface area contributed by atoms with E-state index in [-0.39, 0.29) is 0 Å². The van der Waals surface area contributed by atoms with Crippen LogP contribution in [0.4, 0.5) is 0 Å². The molecule has 0 N–H and O–H groups in total. The highest BCUT2D eigenvalue weighted by atomic mass is 35.5. The third kappa shape index (κ3) is 28.8. The van der Waals surface area contributed by atoms with Gasteiger partial charge in [-0.2, -0.15) is 0 Å². The van der Waals surface area contributed by atoms with Gasteiger partial charge in [-0.15, -0.1) is 18.2 Å². The zero-order valence-electron chi connectivity index (χ0n) is 15.0. The maximum Gasteiger partial charge on any atom is 0.0223 e. The average molecular weight is 318 g/mol. The highest BCUT2D eigenvalue weighted by Crippen LogP contribution is 2.11. The molecule has 0 saturated heterocycles. The molecule has 0 aromatic rings. The van der Waals surface area contributed by atoms with E-state index in [1.165, 1.54) is 77.0 Å². The lowest BCUT2D eigenvalue weighted by atomic mass is 10.1. The molecular formula is C19H40ClN. The van der Waals surface area contributed by atoms with Crippen molar-refractivity contribution in [3.63, 3.8) is 0 Å². The van der Waals surface area contributed by atoms with Crippen molar-refractivity contribution in [1.29, 1.82) is 0 Å². The minimum atomic E-state index is 0.845. The van der Waals surface area contributed by atoms with E-state index in [4.69, 9.17) is 11.6 Å². The van der Waals surface area contributed by atoms with Crippen molar-refractivity contribution in [1.82, 2.24) is 4.90 Å². The number of alkyl halides is 1. The zero-order valence-corrected chi connectivity index (χ0v) is 15.8. The predicted octanol–water partition coefficient (Wildman–Crippen LogP) is 6.66. The summed E-state index contributed by atoms with van der Waals surface area (Å²) in [6, 6.07) is 0. The van der Waals surface area contributed by atoms with Crippen molar-refractivity contribution < 1.29 is 0 Å². The first-order valence-corrected chi connectivity index (χ1v) is 9.54. The standard InChI is InChI=1S/C14H29Cl.C5H11N/c1-2-3-4-5-6-7-8-9-10-11-12-13-14-15;1-4-5-6(2)3/h2-14H2,1H3;4H,1,5H2,2-3H3. The third-order valence-electron chi connectivity index (χ3n) is 3.48. The van der Waals surface area contributed by atoms with Crippen molar-refractivity contribution in [3.8, 4) is 0 Å². The molecule has 128 valence electrons. The molecule has 0 aromatic heterocycles. The predicted molar refractivity (Wildman–Crippen MR) is 101 cm³/mol. The summed E-state index contributed by atoms with van der Waals surface area (Å²) in [6.45, 7) is 6.81. The van der Waals surface area contributed by atoms with Crippen LogP contribution >= 0.6 is 11.6 Å². The Kier molecular flexibility index (Phi) is 24.7. The van der Waals surface area contributed by atoms with Crippen LogP contribution in [0, 0.1) is 0 Å². The van der Waals surface area contributed by atoms with Gasteiger partial charge in [0.2, 0.25) is 0 Å². The molecule has 0 aliphatic rings. The Hall–Kier alpha value is -0.0100. The molecule has 0 amide bonds. The van der Waals surface area contributed by atoms with E-state index in [2.05, 4.69) is 18.4 Å². The highest BCUT2D eigenvalue weighted by Gasteiger charge is 1.92. The fourth-order valence-electron chi connectivity index (χ4n) is 2.19. The summed E-state index contributed by atoms with van der Waals surface area (Å²) in [6.07, 6.45) is 18.7. The van der Waals surface area contributed by atoms with E-state index in [1.54, 1.807) is 0 Å². The summed E-state index contributed by atoms with van der Waals surface area (Å²) >= 11 is 5.62. The normalized spacial score (nSPS) is 10.3. The monoisotopic (exact) mass is 317 g/mol. The Morgan fingerprint density at radius 1 is 0.762 bits per heavy atom. The second-order valence-electron chi connectivity index (χ2n) is 6.13. The minimum absolute atomic E-state index is 0.845. The Balaban J connectivity index is 0. The number of hydrogen-bond acceptors (Lipinski definition) is 1. The van der Waals surface area contributed by atoms with Crippen LogP contribution in [0.25, 0.3) is 0 Å². The number of hydrogen-bond donors (Lipinski definition) is 0. The maximum absolute atomic E-state index is 5.62. The first-order valence-electron chi connectivity index (χ1n) is 9.00. The van der Waals surface area contributed by atoms with Crippen molar-refractivity contribution >= 4 is 11.6 Å². The Morgan fingerprint density at radius 3 is 1.38 bits per heavy atom. The van der Waals surface area contributed by atoms with Crippen molar-refractivity contribution in [2.45, 2.75) is 84.0 Å². The van der Waals surface area contributed by atoms with Crippen LogP contribution in [-0.4, -0.2) is 31.4 Å². The first kappa shape index (κ1) is 23.3. The molecule has 0 rings (SSSR count). The average Bonchev–Trinajstić information content (AvgIpc) is 2.45. The lowest BCUT2D eigenvalue weighted by molar-refractivity contribution is 0.457. The number of nitrogens with zero attached hydrogens (tertiary/aromatic N) is 1. The largest absolute Gasteiger partial charge is 0.306 e. The van der Waals surface area contributed by atoms with Gasteiger partial charge in [0.1, 0.15) is 0 Å². The topological polar surface area (TPSA) is 3.24 Å². The molecule has 0 spiro atoms. The summed E-state index contributed by atoms with van der Waals surface area (Å²) in [5, 5.41) is 0. The van der Waals surface area contributed by atoms with Crippen LogP contribution in [-0.2, 0) is 0 Å². The van der Waals surface area contributed by atoms with Gasteiger partial charge in [-0.1, -0.05) is 83.6 Å². The van der Waals surface area contributed by atoms with Gasteiger partial charge in [-0.25, -0.2) is 0 Å². The van der Waals surface area contributed by atoms with E-state index in [1.807, 2.05) is 20.2 Å². The van der Waals surface area contributed by atoms with E-state index >= 15 is 0 Å². The van der Waals surface area contributed by atoms with Gasteiger partial charge >= 0.3 is 0 Å². The molecule has 0 aromatic carbocycles. The highest BCUT2D eigenvalue weighted by molar-refractivity contribution is 6.17. The molecule has 0 unspecified atom stereocenters. The molecular weight excluding hydrogens is 278 g/mol. The van der Waals surface area contributed by atoms with Gasteiger partial charge in [0, 0.05) is 12.4 Å².